The van der Waals surface area contributed by atoms with Gasteiger partial charge < -0.3 is 19.2 Å². The third-order valence-corrected chi connectivity index (χ3v) is 5.28. The first-order valence-electron chi connectivity index (χ1n) is 9.45. The first-order valence-corrected chi connectivity index (χ1v) is 9.45. The molecule has 1 N–H and O–H groups in total. The number of aryl methyl sites for hydroxylation is 1. The molecule has 0 spiro atoms. The summed E-state index contributed by atoms with van der Waals surface area (Å²) in [4.78, 5) is 0. The van der Waals surface area contributed by atoms with Gasteiger partial charge in [0.2, 0.25) is 0 Å². The molecule has 2 aliphatic rings. The van der Waals surface area contributed by atoms with Crippen molar-refractivity contribution in [2.24, 2.45) is 0 Å². The number of furan rings is 1. The Kier molecular flexibility index (Phi) is 5.50. The van der Waals surface area contributed by atoms with Crippen LogP contribution in [0.15, 0.2) is 41.0 Å². The van der Waals surface area contributed by atoms with Gasteiger partial charge in [0.05, 0.1) is 19.0 Å². The molecule has 2 aromatic rings. The van der Waals surface area contributed by atoms with Crippen LogP contribution in [0.25, 0.3) is 0 Å². The summed E-state index contributed by atoms with van der Waals surface area (Å²) >= 11 is 0. The lowest BCUT2D eigenvalue weighted by Gasteiger charge is -2.23. The fourth-order valence-corrected chi connectivity index (χ4v) is 3.75. The van der Waals surface area contributed by atoms with Crippen molar-refractivity contribution in [1.82, 2.24) is 5.32 Å². The highest BCUT2D eigenvalue weighted by molar-refractivity contribution is 5.25. The summed E-state index contributed by atoms with van der Waals surface area (Å²) in [5, 5.41) is 3.68. The maximum absolute atomic E-state index is 5.99. The number of nitrogens with one attached hydrogen (secondary N) is 1. The largest absolute Gasteiger partial charge is 0.469 e. The van der Waals surface area contributed by atoms with Gasteiger partial charge in [-0.05, 0) is 42.9 Å². The predicted molar refractivity (Wildman–Crippen MR) is 96.3 cm³/mol. The molecule has 0 saturated carbocycles. The van der Waals surface area contributed by atoms with Crippen molar-refractivity contribution in [3.63, 3.8) is 0 Å². The lowest BCUT2D eigenvalue weighted by atomic mass is 9.93. The van der Waals surface area contributed by atoms with E-state index in [2.05, 4.69) is 35.6 Å². The first-order chi connectivity index (χ1) is 12.4. The van der Waals surface area contributed by atoms with Gasteiger partial charge in [-0.15, -0.1) is 0 Å². The van der Waals surface area contributed by atoms with Crippen molar-refractivity contribution in [3.8, 4) is 0 Å². The summed E-state index contributed by atoms with van der Waals surface area (Å²) in [6, 6.07) is 11.3. The number of benzene rings is 1. The summed E-state index contributed by atoms with van der Waals surface area (Å²) in [5.41, 5.74) is 3.89. The summed E-state index contributed by atoms with van der Waals surface area (Å²) in [7, 11) is 0. The van der Waals surface area contributed by atoms with Crippen LogP contribution < -0.4 is 5.32 Å². The van der Waals surface area contributed by atoms with E-state index in [9.17, 15) is 0 Å². The molecule has 1 saturated heterocycles. The van der Waals surface area contributed by atoms with Gasteiger partial charge in [-0.1, -0.05) is 24.3 Å². The fraction of sp³-hybridized carbons (Fsp3) is 0.524. The number of ether oxygens (including phenoxy) is 2. The Balaban J connectivity index is 1.26. The Morgan fingerprint density at radius 1 is 1.00 bits per heavy atom. The van der Waals surface area contributed by atoms with Crippen LogP contribution in [0.3, 0.4) is 0 Å². The second-order valence-electron chi connectivity index (χ2n) is 7.06. The van der Waals surface area contributed by atoms with E-state index >= 15 is 0 Å². The zero-order chi connectivity index (χ0) is 16.9. The third kappa shape index (κ3) is 4.32. The summed E-state index contributed by atoms with van der Waals surface area (Å²) in [6.07, 6.45) is 7.65. The fourth-order valence-electron chi connectivity index (χ4n) is 3.75. The zero-order valence-electron chi connectivity index (χ0n) is 14.7. The minimum absolute atomic E-state index is 0.352. The van der Waals surface area contributed by atoms with Crippen LogP contribution in [0.5, 0.6) is 0 Å². The molecule has 0 radical (unpaired) electrons. The molecule has 0 unspecified atom stereocenters. The molecule has 1 aromatic carbocycles. The van der Waals surface area contributed by atoms with Gasteiger partial charge in [0.25, 0.3) is 0 Å². The third-order valence-electron chi connectivity index (χ3n) is 5.28. The van der Waals surface area contributed by atoms with Crippen molar-refractivity contribution < 1.29 is 13.9 Å². The summed E-state index contributed by atoms with van der Waals surface area (Å²) in [5.74, 6) is 1.16. The molecule has 1 aliphatic heterocycles. The van der Waals surface area contributed by atoms with Gasteiger partial charge in [0.15, 0.2) is 0 Å². The van der Waals surface area contributed by atoms with Crippen molar-refractivity contribution >= 4 is 0 Å². The maximum atomic E-state index is 5.99. The number of hydrogen-bond donors (Lipinski definition) is 1. The quantitative estimate of drug-likeness (QED) is 0.857. The van der Waals surface area contributed by atoms with E-state index in [1.807, 2.05) is 6.26 Å². The van der Waals surface area contributed by atoms with Crippen molar-refractivity contribution in [2.75, 3.05) is 13.2 Å². The van der Waals surface area contributed by atoms with Crippen LogP contribution in [-0.4, -0.2) is 19.3 Å². The van der Waals surface area contributed by atoms with Crippen molar-refractivity contribution in [2.45, 2.75) is 57.4 Å². The molecule has 1 fully saturated rings. The van der Waals surface area contributed by atoms with E-state index in [4.69, 9.17) is 13.9 Å². The Labute approximate surface area is 149 Å². The van der Waals surface area contributed by atoms with Gasteiger partial charge >= 0.3 is 0 Å². The van der Waals surface area contributed by atoms with E-state index < -0.39 is 0 Å². The van der Waals surface area contributed by atoms with Crippen LogP contribution >= 0.6 is 0 Å². The Morgan fingerprint density at radius 2 is 1.80 bits per heavy atom. The molecule has 4 heteroatoms. The highest BCUT2D eigenvalue weighted by Crippen LogP contribution is 2.30. The lowest BCUT2D eigenvalue weighted by molar-refractivity contribution is -0.0390. The lowest BCUT2D eigenvalue weighted by Crippen LogP contribution is -2.24. The molecule has 1 aromatic heterocycles. The van der Waals surface area contributed by atoms with Gasteiger partial charge in [0, 0.05) is 37.8 Å². The second-order valence-corrected chi connectivity index (χ2v) is 7.06. The van der Waals surface area contributed by atoms with Crippen molar-refractivity contribution in [1.29, 1.82) is 0 Å². The molecule has 134 valence electrons. The average Bonchev–Trinajstić information content (AvgIpc) is 3.16. The van der Waals surface area contributed by atoms with Crippen molar-refractivity contribution in [3.05, 3.63) is 59.0 Å². The minimum Gasteiger partial charge on any atom is -0.469 e. The number of fused-ring (bicyclic) bond motifs is 1. The molecular weight excluding hydrogens is 314 g/mol. The zero-order valence-corrected chi connectivity index (χ0v) is 14.7. The molecule has 1 aliphatic carbocycles. The number of rotatable bonds is 6. The highest BCUT2D eigenvalue weighted by Gasteiger charge is 2.21. The Bertz CT molecular complexity index is 658. The standard InChI is InChI=1S/C21H27NO3/c1-2-20(19-10-13-24-21(19)3-1)22-14-16-4-6-17(7-5-16)15-25-18-8-11-23-12-9-18/h4-7,10,13,18,20,22H,1-3,8-9,11-12,14-15H2/t20-/m0/s1. The van der Waals surface area contributed by atoms with E-state index in [0.717, 1.165) is 44.8 Å². The number of hydrogen-bond acceptors (Lipinski definition) is 4. The molecule has 0 amide bonds. The van der Waals surface area contributed by atoms with Crippen LogP contribution in [-0.2, 0) is 29.0 Å². The molecular formula is C21H27NO3. The molecule has 4 nitrogen and oxygen atoms in total. The van der Waals surface area contributed by atoms with Gasteiger partial charge in [0.1, 0.15) is 5.76 Å². The SMILES string of the molecule is c1cc2c(o1)CCC[C@@H]2NCc1ccc(COC2CCOCC2)cc1. The smallest absolute Gasteiger partial charge is 0.108 e. The summed E-state index contributed by atoms with van der Waals surface area (Å²) < 4.78 is 16.9. The minimum atomic E-state index is 0.352. The predicted octanol–water partition coefficient (Wildman–Crippen LogP) is 4.14. The molecule has 2 heterocycles. The van der Waals surface area contributed by atoms with E-state index in [1.165, 1.54) is 29.5 Å². The highest BCUT2D eigenvalue weighted by atomic mass is 16.5. The van der Waals surface area contributed by atoms with Gasteiger partial charge in [-0.3, -0.25) is 0 Å². The summed E-state index contributed by atoms with van der Waals surface area (Å²) in [6.45, 7) is 3.24. The molecule has 25 heavy (non-hydrogen) atoms. The Hall–Kier alpha value is -1.62. The van der Waals surface area contributed by atoms with Crippen LogP contribution in [0.1, 0.15) is 54.2 Å². The van der Waals surface area contributed by atoms with E-state index in [1.54, 1.807) is 0 Å². The average molecular weight is 341 g/mol. The Morgan fingerprint density at radius 3 is 2.64 bits per heavy atom. The van der Waals surface area contributed by atoms with Gasteiger partial charge in [-0.2, -0.15) is 0 Å². The van der Waals surface area contributed by atoms with E-state index in [0.29, 0.717) is 18.8 Å². The van der Waals surface area contributed by atoms with Crippen LogP contribution in [0, 0.1) is 0 Å². The molecule has 4 rings (SSSR count). The monoisotopic (exact) mass is 341 g/mol. The topological polar surface area (TPSA) is 43.6 Å². The first kappa shape index (κ1) is 16.8. The van der Waals surface area contributed by atoms with Gasteiger partial charge in [-0.25, -0.2) is 0 Å². The van der Waals surface area contributed by atoms with Crippen LogP contribution in [0.2, 0.25) is 0 Å². The molecule has 1 atom stereocenters. The maximum Gasteiger partial charge on any atom is 0.108 e. The van der Waals surface area contributed by atoms with E-state index in [-0.39, 0.29) is 0 Å². The normalized spacial score (nSPS) is 21.2. The second kappa shape index (κ2) is 8.17. The van der Waals surface area contributed by atoms with Crippen LogP contribution in [0.4, 0.5) is 0 Å². The molecule has 0 bridgehead atoms.